The van der Waals surface area contributed by atoms with E-state index in [1.807, 2.05) is 0 Å². The minimum atomic E-state index is 0.597. The summed E-state index contributed by atoms with van der Waals surface area (Å²) in [4.78, 5) is 0. The lowest BCUT2D eigenvalue weighted by Crippen LogP contribution is -1.98. The van der Waals surface area contributed by atoms with Crippen LogP contribution in [0.5, 0.6) is 0 Å². The van der Waals surface area contributed by atoms with Gasteiger partial charge < -0.3 is 10.9 Å². The Kier molecular flexibility index (Phi) is 5.38. The fraction of sp³-hybridized carbons (Fsp3) is 0.286. The van der Waals surface area contributed by atoms with Gasteiger partial charge in [0.05, 0.1) is 6.21 Å². The number of hydrogen-bond acceptors (Lipinski definition) is 3. The van der Waals surface area contributed by atoms with Crippen molar-refractivity contribution in [3.05, 3.63) is 24.3 Å². The molecule has 3 heteroatoms. The van der Waals surface area contributed by atoms with Gasteiger partial charge in [0.2, 0.25) is 0 Å². The van der Waals surface area contributed by atoms with E-state index in [1.54, 1.807) is 12.2 Å². The van der Waals surface area contributed by atoms with Gasteiger partial charge in [0, 0.05) is 0 Å². The quantitative estimate of drug-likeness (QED) is 0.264. The molecule has 3 N–H and O–H groups in total. The van der Waals surface area contributed by atoms with Crippen LogP contribution in [0.2, 0.25) is 0 Å². The van der Waals surface area contributed by atoms with E-state index in [4.69, 9.17) is 10.9 Å². The van der Waals surface area contributed by atoms with Crippen LogP contribution < -0.4 is 5.73 Å². The SMILES string of the molecule is C=C(/C=C\C=NO)CCN. The predicted molar refractivity (Wildman–Crippen MR) is 42.2 cm³/mol. The summed E-state index contributed by atoms with van der Waals surface area (Å²) in [5, 5.41) is 10.8. The molecule has 0 saturated carbocycles. The number of hydrogen-bond donors (Lipinski definition) is 2. The van der Waals surface area contributed by atoms with Gasteiger partial charge in [-0.05, 0) is 19.0 Å². The lowest BCUT2D eigenvalue weighted by Gasteiger charge is -1.91. The lowest BCUT2D eigenvalue weighted by atomic mass is 10.2. The molecule has 0 aliphatic carbocycles. The molecular weight excluding hydrogens is 128 g/mol. The summed E-state index contributed by atoms with van der Waals surface area (Å²) in [5.41, 5.74) is 6.19. The van der Waals surface area contributed by atoms with Crippen LogP contribution in [0.4, 0.5) is 0 Å². The Morgan fingerprint density at radius 2 is 2.40 bits per heavy atom. The summed E-state index contributed by atoms with van der Waals surface area (Å²) < 4.78 is 0. The molecule has 0 radical (unpaired) electrons. The summed E-state index contributed by atoms with van der Waals surface area (Å²) in [6.07, 6.45) is 5.42. The molecule has 0 aromatic carbocycles. The van der Waals surface area contributed by atoms with Crippen LogP contribution in [-0.2, 0) is 0 Å². The first kappa shape index (κ1) is 8.91. The topological polar surface area (TPSA) is 58.6 Å². The molecule has 0 rings (SSSR count). The summed E-state index contributed by atoms with van der Waals surface area (Å²) >= 11 is 0. The van der Waals surface area contributed by atoms with Crippen molar-refractivity contribution in [3.8, 4) is 0 Å². The monoisotopic (exact) mass is 140 g/mol. The van der Waals surface area contributed by atoms with Crippen molar-refractivity contribution in [2.24, 2.45) is 10.9 Å². The third kappa shape index (κ3) is 5.05. The molecule has 0 saturated heterocycles. The second-order valence-corrected chi connectivity index (χ2v) is 1.82. The van der Waals surface area contributed by atoms with Crippen molar-refractivity contribution in [1.82, 2.24) is 0 Å². The van der Waals surface area contributed by atoms with Crippen molar-refractivity contribution < 1.29 is 5.21 Å². The van der Waals surface area contributed by atoms with Crippen molar-refractivity contribution in [2.45, 2.75) is 6.42 Å². The highest BCUT2D eigenvalue weighted by Gasteiger charge is 1.82. The molecule has 0 aliphatic rings. The van der Waals surface area contributed by atoms with Gasteiger partial charge in [0.15, 0.2) is 0 Å². The number of nitrogens with two attached hydrogens (primary N) is 1. The molecule has 56 valence electrons. The van der Waals surface area contributed by atoms with Crippen LogP contribution in [-0.4, -0.2) is 18.0 Å². The summed E-state index contributed by atoms with van der Waals surface area (Å²) in [5.74, 6) is 0. The second-order valence-electron chi connectivity index (χ2n) is 1.82. The predicted octanol–water partition coefficient (Wildman–Crippen LogP) is 0.908. The fourth-order valence-electron chi connectivity index (χ4n) is 0.486. The van der Waals surface area contributed by atoms with Crippen molar-refractivity contribution >= 4 is 6.21 Å². The van der Waals surface area contributed by atoms with E-state index in [1.165, 1.54) is 6.21 Å². The summed E-state index contributed by atoms with van der Waals surface area (Å²) in [6.45, 7) is 4.30. The van der Waals surface area contributed by atoms with E-state index in [-0.39, 0.29) is 0 Å². The second kappa shape index (κ2) is 6.04. The van der Waals surface area contributed by atoms with Crippen LogP contribution in [0.25, 0.3) is 0 Å². The van der Waals surface area contributed by atoms with Crippen LogP contribution in [0.15, 0.2) is 29.5 Å². The average Bonchev–Trinajstić information content (AvgIpc) is 1.89. The Hall–Kier alpha value is -1.09. The van der Waals surface area contributed by atoms with Gasteiger partial charge in [0.25, 0.3) is 0 Å². The molecule has 3 nitrogen and oxygen atoms in total. The Labute approximate surface area is 60.5 Å². The van der Waals surface area contributed by atoms with Crippen molar-refractivity contribution in [3.63, 3.8) is 0 Å². The lowest BCUT2D eigenvalue weighted by molar-refractivity contribution is 0.322. The van der Waals surface area contributed by atoms with Gasteiger partial charge in [-0.15, -0.1) is 0 Å². The molecule has 0 aromatic rings. The Bertz CT molecular complexity index is 150. The van der Waals surface area contributed by atoms with Gasteiger partial charge in [0.1, 0.15) is 0 Å². The highest BCUT2D eigenvalue weighted by Crippen LogP contribution is 1.95. The molecule has 0 aromatic heterocycles. The van der Waals surface area contributed by atoms with Crippen molar-refractivity contribution in [2.75, 3.05) is 6.54 Å². The number of oxime groups is 1. The first-order chi connectivity index (χ1) is 4.81. The van der Waals surface area contributed by atoms with E-state index in [9.17, 15) is 0 Å². The first-order valence-electron chi connectivity index (χ1n) is 3.03. The maximum Gasteiger partial charge on any atom is 0.0661 e. The molecule has 0 aliphatic heterocycles. The smallest absolute Gasteiger partial charge is 0.0661 e. The number of allylic oxidation sites excluding steroid dienone is 2. The maximum absolute atomic E-state index is 7.97. The van der Waals surface area contributed by atoms with Gasteiger partial charge in [-0.1, -0.05) is 23.4 Å². The third-order valence-electron chi connectivity index (χ3n) is 0.950. The van der Waals surface area contributed by atoms with E-state index >= 15 is 0 Å². The molecule has 0 atom stereocenters. The van der Waals surface area contributed by atoms with Crippen LogP contribution in [0, 0.1) is 0 Å². The Morgan fingerprint density at radius 1 is 1.70 bits per heavy atom. The molecule has 0 spiro atoms. The number of nitrogens with zero attached hydrogens (tertiary/aromatic N) is 1. The zero-order chi connectivity index (χ0) is 7.82. The molecule has 0 fully saturated rings. The van der Waals surface area contributed by atoms with Gasteiger partial charge in [-0.3, -0.25) is 0 Å². The van der Waals surface area contributed by atoms with E-state index in [2.05, 4.69) is 11.7 Å². The molecule has 10 heavy (non-hydrogen) atoms. The van der Waals surface area contributed by atoms with Crippen LogP contribution >= 0.6 is 0 Å². The van der Waals surface area contributed by atoms with Gasteiger partial charge in [-0.25, -0.2) is 0 Å². The zero-order valence-corrected chi connectivity index (χ0v) is 5.83. The average molecular weight is 140 g/mol. The van der Waals surface area contributed by atoms with Crippen LogP contribution in [0.1, 0.15) is 6.42 Å². The standard InChI is InChI=1S/C7H12N2O/c1-7(4-5-8)3-2-6-9-10/h2-3,6,10H,1,4-5,8H2/b3-2-,9-6?. The van der Waals surface area contributed by atoms with Crippen LogP contribution in [0.3, 0.4) is 0 Å². The maximum atomic E-state index is 7.97. The highest BCUT2D eigenvalue weighted by atomic mass is 16.4. The largest absolute Gasteiger partial charge is 0.411 e. The highest BCUT2D eigenvalue weighted by molar-refractivity contribution is 5.71. The van der Waals surface area contributed by atoms with Gasteiger partial charge in [-0.2, -0.15) is 0 Å². The third-order valence-corrected chi connectivity index (χ3v) is 0.950. The summed E-state index contributed by atoms with van der Waals surface area (Å²) in [6, 6.07) is 0. The Balaban J connectivity index is 3.56. The first-order valence-corrected chi connectivity index (χ1v) is 3.03. The fourth-order valence-corrected chi connectivity index (χ4v) is 0.486. The molecule has 0 amide bonds. The summed E-state index contributed by atoms with van der Waals surface area (Å²) in [7, 11) is 0. The minimum Gasteiger partial charge on any atom is -0.411 e. The van der Waals surface area contributed by atoms with Crippen molar-refractivity contribution in [1.29, 1.82) is 0 Å². The molecule has 0 bridgehead atoms. The normalized spacial score (nSPS) is 11.3. The number of rotatable bonds is 4. The van der Waals surface area contributed by atoms with E-state index < -0.39 is 0 Å². The van der Waals surface area contributed by atoms with Gasteiger partial charge >= 0.3 is 0 Å². The minimum absolute atomic E-state index is 0.597. The zero-order valence-electron chi connectivity index (χ0n) is 5.83. The molecular formula is C7H12N2O. The Morgan fingerprint density at radius 3 is 2.90 bits per heavy atom. The van der Waals surface area contributed by atoms with E-state index in [0.29, 0.717) is 6.54 Å². The molecule has 0 heterocycles. The molecule has 0 unspecified atom stereocenters. The van der Waals surface area contributed by atoms with E-state index in [0.717, 1.165) is 12.0 Å².